The Labute approximate surface area is 153 Å². The largest absolute Gasteiger partial charge is 0.478 e. The second kappa shape index (κ2) is 7.89. The molecular weight excluding hydrogens is 356 g/mol. The van der Waals surface area contributed by atoms with Gasteiger partial charge in [0.2, 0.25) is 5.91 Å². The quantitative estimate of drug-likeness (QED) is 0.659. The Morgan fingerprint density at radius 2 is 2.23 bits per heavy atom. The minimum absolute atomic E-state index is 0.00667. The molecule has 0 bridgehead atoms. The average molecular weight is 372 g/mol. The van der Waals surface area contributed by atoms with Gasteiger partial charge < -0.3 is 15.2 Å². The van der Waals surface area contributed by atoms with Crippen molar-refractivity contribution < 1.29 is 19.4 Å². The van der Waals surface area contributed by atoms with E-state index in [0.29, 0.717) is 12.2 Å². The molecule has 0 spiro atoms. The molecule has 0 atom stereocenters. The van der Waals surface area contributed by atoms with Gasteiger partial charge in [-0.1, -0.05) is 12.1 Å². The van der Waals surface area contributed by atoms with E-state index in [9.17, 15) is 9.59 Å². The number of thiazole rings is 1. The number of ether oxygens (including phenoxy) is 1. The molecule has 0 saturated carbocycles. The van der Waals surface area contributed by atoms with E-state index < -0.39 is 5.97 Å². The summed E-state index contributed by atoms with van der Waals surface area (Å²) >= 11 is 1.46. The third-order valence-electron chi connectivity index (χ3n) is 3.45. The highest BCUT2D eigenvalue weighted by Gasteiger charge is 2.10. The predicted octanol–water partition coefficient (Wildman–Crippen LogP) is 2.34. The SMILES string of the molecule is COCC(=O)Nc1cccc(-c2csc(Cn3cc(C(=O)O)cn3)n2)c1. The molecule has 2 aromatic heterocycles. The summed E-state index contributed by atoms with van der Waals surface area (Å²) in [5.74, 6) is -1.24. The zero-order valence-corrected chi connectivity index (χ0v) is 14.7. The fraction of sp³-hybridized carbons (Fsp3) is 0.176. The second-order valence-electron chi connectivity index (χ2n) is 5.42. The summed E-state index contributed by atoms with van der Waals surface area (Å²) in [5.41, 5.74) is 2.45. The Morgan fingerprint density at radius 1 is 1.38 bits per heavy atom. The van der Waals surface area contributed by atoms with Gasteiger partial charge in [0.1, 0.15) is 11.6 Å². The Kier molecular flexibility index (Phi) is 5.40. The number of methoxy groups -OCH3 is 1. The monoisotopic (exact) mass is 372 g/mol. The van der Waals surface area contributed by atoms with Crippen molar-refractivity contribution >= 4 is 28.9 Å². The van der Waals surface area contributed by atoms with Crippen LogP contribution in [-0.2, 0) is 16.1 Å². The van der Waals surface area contributed by atoms with Gasteiger partial charge in [0.05, 0.1) is 24.0 Å². The van der Waals surface area contributed by atoms with Gasteiger partial charge >= 0.3 is 5.97 Å². The number of carbonyl (C=O) groups excluding carboxylic acids is 1. The van der Waals surface area contributed by atoms with Crippen molar-refractivity contribution in [2.24, 2.45) is 0 Å². The maximum Gasteiger partial charge on any atom is 0.338 e. The predicted molar refractivity (Wildman–Crippen MR) is 96.3 cm³/mol. The summed E-state index contributed by atoms with van der Waals surface area (Å²) in [6.07, 6.45) is 2.78. The maximum absolute atomic E-state index is 11.6. The van der Waals surface area contributed by atoms with Crippen molar-refractivity contribution in [2.75, 3.05) is 19.0 Å². The second-order valence-corrected chi connectivity index (χ2v) is 6.36. The van der Waals surface area contributed by atoms with E-state index in [2.05, 4.69) is 15.4 Å². The zero-order chi connectivity index (χ0) is 18.5. The highest BCUT2D eigenvalue weighted by Crippen LogP contribution is 2.25. The number of carbonyl (C=O) groups is 2. The van der Waals surface area contributed by atoms with Crippen LogP contribution < -0.4 is 5.32 Å². The normalized spacial score (nSPS) is 10.7. The van der Waals surface area contributed by atoms with Crippen molar-refractivity contribution in [3.8, 4) is 11.3 Å². The lowest BCUT2D eigenvalue weighted by Gasteiger charge is -2.05. The van der Waals surface area contributed by atoms with Gasteiger partial charge in [-0.25, -0.2) is 9.78 Å². The van der Waals surface area contributed by atoms with Gasteiger partial charge in [-0.3, -0.25) is 9.48 Å². The molecule has 134 valence electrons. The minimum atomic E-state index is -1.01. The molecule has 3 aromatic rings. The van der Waals surface area contributed by atoms with E-state index in [1.807, 2.05) is 23.6 Å². The molecule has 1 amide bonds. The first-order valence-electron chi connectivity index (χ1n) is 7.64. The molecule has 8 nitrogen and oxygen atoms in total. The molecule has 9 heteroatoms. The van der Waals surface area contributed by atoms with E-state index in [1.54, 1.807) is 6.07 Å². The van der Waals surface area contributed by atoms with Crippen LogP contribution in [0.2, 0.25) is 0 Å². The zero-order valence-electron chi connectivity index (χ0n) is 13.9. The highest BCUT2D eigenvalue weighted by molar-refractivity contribution is 7.09. The number of benzene rings is 1. The lowest BCUT2D eigenvalue weighted by Crippen LogP contribution is -2.16. The van der Waals surface area contributed by atoms with Crippen LogP contribution in [0.25, 0.3) is 11.3 Å². The number of aromatic nitrogens is 3. The number of aromatic carboxylic acids is 1. The number of amides is 1. The molecule has 0 fully saturated rings. The Balaban J connectivity index is 1.72. The molecule has 0 aliphatic heterocycles. The number of hydrogen-bond acceptors (Lipinski definition) is 6. The smallest absolute Gasteiger partial charge is 0.338 e. The van der Waals surface area contributed by atoms with Crippen molar-refractivity contribution in [1.29, 1.82) is 0 Å². The van der Waals surface area contributed by atoms with Crippen LogP contribution in [-0.4, -0.2) is 45.5 Å². The van der Waals surface area contributed by atoms with E-state index in [0.717, 1.165) is 16.3 Å². The Hall–Kier alpha value is -3.04. The number of anilines is 1. The molecule has 0 aliphatic rings. The van der Waals surface area contributed by atoms with Crippen LogP contribution in [0.1, 0.15) is 15.4 Å². The van der Waals surface area contributed by atoms with Crippen molar-refractivity contribution in [2.45, 2.75) is 6.54 Å². The van der Waals surface area contributed by atoms with Gasteiger partial charge in [-0.2, -0.15) is 5.10 Å². The van der Waals surface area contributed by atoms with Crippen molar-refractivity contribution in [3.63, 3.8) is 0 Å². The van der Waals surface area contributed by atoms with Crippen LogP contribution in [0.3, 0.4) is 0 Å². The molecule has 0 saturated heterocycles. The maximum atomic E-state index is 11.6. The van der Waals surface area contributed by atoms with Gasteiger partial charge in [0, 0.05) is 29.9 Å². The fourth-order valence-corrected chi connectivity index (χ4v) is 3.09. The summed E-state index contributed by atoms with van der Waals surface area (Å²) in [6, 6.07) is 7.37. The fourth-order valence-electron chi connectivity index (χ4n) is 2.30. The number of carboxylic acid groups (broad SMARTS) is 1. The number of hydrogen-bond donors (Lipinski definition) is 2. The number of nitrogens with zero attached hydrogens (tertiary/aromatic N) is 3. The van der Waals surface area contributed by atoms with E-state index >= 15 is 0 Å². The van der Waals surface area contributed by atoms with Crippen LogP contribution in [0.4, 0.5) is 5.69 Å². The standard InChI is InChI=1S/C17H16N4O4S/c1-25-9-15(22)19-13-4-2-3-11(5-13)14-10-26-16(20-14)8-21-7-12(6-18-21)17(23)24/h2-7,10H,8-9H2,1H3,(H,19,22)(H,23,24). The highest BCUT2D eigenvalue weighted by atomic mass is 32.1. The van der Waals surface area contributed by atoms with Crippen molar-refractivity contribution in [3.05, 3.63) is 52.6 Å². The van der Waals surface area contributed by atoms with Crippen LogP contribution in [0.15, 0.2) is 42.0 Å². The molecule has 2 heterocycles. The topological polar surface area (TPSA) is 106 Å². The first-order valence-corrected chi connectivity index (χ1v) is 8.52. The summed E-state index contributed by atoms with van der Waals surface area (Å²) in [6.45, 7) is 0.384. The lowest BCUT2D eigenvalue weighted by atomic mass is 10.1. The third-order valence-corrected chi connectivity index (χ3v) is 4.28. The Morgan fingerprint density at radius 3 is 2.96 bits per heavy atom. The molecule has 3 rings (SSSR count). The average Bonchev–Trinajstić information content (AvgIpc) is 3.25. The lowest BCUT2D eigenvalue weighted by molar-refractivity contribution is -0.119. The van der Waals surface area contributed by atoms with Crippen LogP contribution >= 0.6 is 11.3 Å². The van der Waals surface area contributed by atoms with Crippen LogP contribution in [0, 0.1) is 0 Å². The van der Waals surface area contributed by atoms with E-state index in [4.69, 9.17) is 9.84 Å². The molecular formula is C17H16N4O4S. The van der Waals surface area contributed by atoms with Crippen molar-refractivity contribution in [1.82, 2.24) is 14.8 Å². The van der Waals surface area contributed by atoms with Gasteiger partial charge in [0.25, 0.3) is 0 Å². The van der Waals surface area contributed by atoms with E-state index in [1.165, 1.54) is 35.5 Å². The molecule has 0 unspecified atom stereocenters. The summed E-state index contributed by atoms with van der Waals surface area (Å²) in [7, 11) is 1.46. The van der Waals surface area contributed by atoms with Gasteiger partial charge in [-0.05, 0) is 12.1 Å². The number of nitrogens with one attached hydrogen (secondary N) is 1. The van der Waals surface area contributed by atoms with E-state index in [-0.39, 0.29) is 18.1 Å². The molecule has 0 radical (unpaired) electrons. The Bertz CT molecular complexity index is 934. The minimum Gasteiger partial charge on any atom is -0.478 e. The van der Waals surface area contributed by atoms with Gasteiger partial charge in [-0.15, -0.1) is 11.3 Å². The summed E-state index contributed by atoms with van der Waals surface area (Å²) in [4.78, 5) is 27.1. The summed E-state index contributed by atoms with van der Waals surface area (Å²) in [5, 5.41) is 18.4. The first-order chi connectivity index (χ1) is 12.5. The molecule has 26 heavy (non-hydrogen) atoms. The summed E-state index contributed by atoms with van der Waals surface area (Å²) < 4.78 is 6.33. The van der Waals surface area contributed by atoms with Crippen LogP contribution in [0.5, 0.6) is 0 Å². The molecule has 0 aliphatic carbocycles. The number of rotatable bonds is 7. The third kappa shape index (κ3) is 4.32. The van der Waals surface area contributed by atoms with Gasteiger partial charge in [0.15, 0.2) is 0 Å². The molecule has 2 N–H and O–H groups in total. The molecule has 1 aromatic carbocycles. The first kappa shape index (κ1) is 17.8. The number of carboxylic acids is 1.